The number of nitrogens with zero attached hydrogens (tertiary/aromatic N) is 3. The van der Waals surface area contributed by atoms with Crippen molar-refractivity contribution >= 4 is 38.7 Å². The van der Waals surface area contributed by atoms with Gasteiger partial charge in [-0.2, -0.15) is 4.91 Å². The van der Waals surface area contributed by atoms with Crippen LogP contribution in [0.3, 0.4) is 0 Å². The van der Waals surface area contributed by atoms with E-state index in [1.165, 1.54) is 23.1 Å². The summed E-state index contributed by atoms with van der Waals surface area (Å²) in [5, 5.41) is 8.63. The lowest BCUT2D eigenvalue weighted by molar-refractivity contribution is 1.22. The van der Waals surface area contributed by atoms with Crippen LogP contribution in [0.5, 0.6) is 0 Å². The third-order valence-electron chi connectivity index (χ3n) is 3.88. The molecule has 0 saturated carbocycles. The predicted molar refractivity (Wildman–Crippen MR) is 116 cm³/mol. The van der Waals surface area contributed by atoms with Crippen molar-refractivity contribution in [1.29, 1.82) is 0 Å². The molecule has 0 spiro atoms. The van der Waals surface area contributed by atoms with Crippen LogP contribution in [-0.4, -0.2) is 24.1 Å². The minimum Gasteiger partial charge on any atom is -0.372 e. The topological polar surface area (TPSA) is 67.2 Å². The molecule has 27 heavy (non-hydrogen) atoms. The van der Waals surface area contributed by atoms with Crippen LogP contribution < -0.4 is 5.32 Å². The van der Waals surface area contributed by atoms with Crippen LogP contribution in [0.15, 0.2) is 53.0 Å². The molecule has 0 amide bonds. The molecular weight excluding hydrogens is 376 g/mol. The van der Waals surface area contributed by atoms with Gasteiger partial charge in [0.1, 0.15) is 10.6 Å². The maximum Gasteiger partial charge on any atom is 0.173 e. The summed E-state index contributed by atoms with van der Waals surface area (Å²) in [5.74, 6) is 1.70. The molecule has 138 valence electrons. The third kappa shape index (κ3) is 4.56. The van der Waals surface area contributed by atoms with Gasteiger partial charge in [0.15, 0.2) is 5.82 Å². The standard InChI is InChI=1S/C19H17N3S2.CH3NO/c1-12-5-3-6-13(9-12)10-14-11-15-17(20-2)21-18(22-19(15)24-14)16-7-4-8-23-16;1-2-3/h3-9,11H,10H2,1-2H3,(H,20,21,22);1H3. The molecule has 0 aliphatic heterocycles. The van der Waals surface area contributed by atoms with E-state index in [4.69, 9.17) is 14.9 Å². The van der Waals surface area contributed by atoms with Crippen molar-refractivity contribution in [2.45, 2.75) is 13.3 Å². The molecule has 3 aromatic heterocycles. The molecule has 4 rings (SSSR count). The number of aryl methyl sites for hydroxylation is 1. The molecule has 0 unspecified atom stereocenters. The minimum atomic E-state index is 0.797. The summed E-state index contributed by atoms with van der Waals surface area (Å²) in [5.41, 5.74) is 2.63. The molecule has 0 aliphatic rings. The SMILES string of the molecule is CN=O.CNc1nc(-c2cccs2)nc2sc(Cc3cccc(C)c3)cc12. The first-order valence-electron chi connectivity index (χ1n) is 8.43. The fraction of sp³-hybridized carbons (Fsp3) is 0.200. The Labute approximate surface area is 166 Å². The molecule has 7 heteroatoms. The third-order valence-corrected chi connectivity index (χ3v) is 5.78. The lowest BCUT2D eigenvalue weighted by Crippen LogP contribution is -1.96. The molecule has 1 aromatic carbocycles. The number of hydrogen-bond donors (Lipinski definition) is 1. The molecule has 0 bridgehead atoms. The van der Waals surface area contributed by atoms with E-state index in [1.54, 1.807) is 22.7 Å². The van der Waals surface area contributed by atoms with Gasteiger partial charge in [-0.1, -0.05) is 41.1 Å². The average Bonchev–Trinajstić information content (AvgIpc) is 3.31. The number of nitroso groups, excluding NO2 is 1. The second-order valence-electron chi connectivity index (χ2n) is 5.90. The molecule has 5 nitrogen and oxygen atoms in total. The fourth-order valence-corrected chi connectivity index (χ4v) is 4.51. The van der Waals surface area contributed by atoms with Gasteiger partial charge in [-0.3, -0.25) is 0 Å². The Hall–Kier alpha value is -2.64. The van der Waals surface area contributed by atoms with E-state index >= 15 is 0 Å². The number of anilines is 1. The van der Waals surface area contributed by atoms with Gasteiger partial charge in [0.2, 0.25) is 0 Å². The highest BCUT2D eigenvalue weighted by Gasteiger charge is 2.13. The van der Waals surface area contributed by atoms with Gasteiger partial charge in [0.25, 0.3) is 0 Å². The average molecular weight is 397 g/mol. The van der Waals surface area contributed by atoms with Crippen molar-refractivity contribution in [3.63, 3.8) is 0 Å². The summed E-state index contributed by atoms with van der Waals surface area (Å²) in [6.45, 7) is 2.13. The zero-order chi connectivity index (χ0) is 19.2. The van der Waals surface area contributed by atoms with E-state index in [1.807, 2.05) is 13.1 Å². The smallest absolute Gasteiger partial charge is 0.173 e. The quantitative estimate of drug-likeness (QED) is 0.446. The highest BCUT2D eigenvalue weighted by atomic mass is 32.1. The van der Waals surface area contributed by atoms with Gasteiger partial charge >= 0.3 is 0 Å². The Morgan fingerprint density at radius 2 is 1.96 bits per heavy atom. The van der Waals surface area contributed by atoms with Crippen molar-refractivity contribution in [1.82, 2.24) is 9.97 Å². The fourth-order valence-electron chi connectivity index (χ4n) is 2.79. The lowest BCUT2D eigenvalue weighted by Gasteiger charge is -2.03. The molecule has 1 N–H and O–H groups in total. The van der Waals surface area contributed by atoms with Crippen LogP contribution >= 0.6 is 22.7 Å². The first-order valence-corrected chi connectivity index (χ1v) is 10.1. The zero-order valence-electron chi connectivity index (χ0n) is 15.4. The summed E-state index contributed by atoms with van der Waals surface area (Å²) in [6.07, 6.45) is 0.931. The predicted octanol–water partition coefficient (Wildman–Crippen LogP) is 5.74. The van der Waals surface area contributed by atoms with Crippen LogP contribution in [-0.2, 0) is 6.42 Å². The molecule has 0 fully saturated rings. The maximum absolute atomic E-state index is 8.56. The number of rotatable bonds is 4. The van der Waals surface area contributed by atoms with Crippen LogP contribution in [0.1, 0.15) is 16.0 Å². The van der Waals surface area contributed by atoms with Crippen molar-refractivity contribution in [2.24, 2.45) is 5.18 Å². The van der Waals surface area contributed by atoms with Gasteiger partial charge in [-0.15, -0.1) is 22.7 Å². The number of hydrogen-bond acceptors (Lipinski definition) is 7. The Kier molecular flexibility index (Phi) is 6.26. The zero-order valence-corrected chi connectivity index (χ0v) is 17.0. The second-order valence-corrected chi connectivity index (χ2v) is 7.97. The van der Waals surface area contributed by atoms with E-state index in [0.29, 0.717) is 0 Å². The molecule has 3 heterocycles. The Morgan fingerprint density at radius 1 is 1.15 bits per heavy atom. The number of nitrogens with one attached hydrogen (secondary N) is 1. The Morgan fingerprint density at radius 3 is 2.63 bits per heavy atom. The largest absolute Gasteiger partial charge is 0.372 e. The first-order chi connectivity index (χ1) is 13.1. The van der Waals surface area contributed by atoms with Crippen LogP contribution in [0.4, 0.5) is 5.82 Å². The van der Waals surface area contributed by atoms with Crippen molar-refractivity contribution in [2.75, 3.05) is 19.4 Å². The van der Waals surface area contributed by atoms with Crippen molar-refractivity contribution < 1.29 is 0 Å². The van der Waals surface area contributed by atoms with Crippen LogP contribution in [0.2, 0.25) is 0 Å². The molecule has 4 aromatic rings. The molecular formula is C20H20N4OS2. The Balaban J connectivity index is 0.000000659. The number of thiophene rings is 2. The summed E-state index contributed by atoms with van der Waals surface area (Å²) >= 11 is 3.42. The molecule has 0 radical (unpaired) electrons. The van der Waals surface area contributed by atoms with Crippen molar-refractivity contribution in [3.05, 3.63) is 68.8 Å². The van der Waals surface area contributed by atoms with E-state index in [9.17, 15) is 0 Å². The number of fused-ring (bicyclic) bond motifs is 1. The summed E-state index contributed by atoms with van der Waals surface area (Å²) < 4.78 is 0. The number of benzene rings is 1. The van der Waals surface area contributed by atoms with E-state index < -0.39 is 0 Å². The summed E-state index contributed by atoms with van der Waals surface area (Å²) in [4.78, 5) is 21.5. The maximum atomic E-state index is 8.56. The number of aromatic nitrogens is 2. The summed E-state index contributed by atoms with van der Waals surface area (Å²) in [6, 6.07) is 15.0. The lowest BCUT2D eigenvalue weighted by atomic mass is 10.1. The van der Waals surface area contributed by atoms with Gasteiger partial charge in [0.05, 0.1) is 17.3 Å². The normalized spacial score (nSPS) is 10.3. The highest BCUT2D eigenvalue weighted by Crippen LogP contribution is 2.33. The molecule has 0 saturated heterocycles. The minimum absolute atomic E-state index is 0.797. The van der Waals surface area contributed by atoms with Gasteiger partial charge in [-0.05, 0) is 30.0 Å². The first kappa shape index (κ1) is 19.1. The van der Waals surface area contributed by atoms with E-state index in [0.717, 1.165) is 33.2 Å². The van der Waals surface area contributed by atoms with E-state index in [-0.39, 0.29) is 0 Å². The van der Waals surface area contributed by atoms with E-state index in [2.05, 4.69) is 59.2 Å². The van der Waals surface area contributed by atoms with Crippen LogP contribution in [0, 0.1) is 11.8 Å². The van der Waals surface area contributed by atoms with Gasteiger partial charge < -0.3 is 5.32 Å². The van der Waals surface area contributed by atoms with Crippen molar-refractivity contribution in [3.8, 4) is 10.7 Å². The molecule has 0 atom stereocenters. The highest BCUT2D eigenvalue weighted by molar-refractivity contribution is 7.18. The van der Waals surface area contributed by atoms with Gasteiger partial charge in [-0.25, -0.2) is 9.97 Å². The monoisotopic (exact) mass is 396 g/mol. The van der Waals surface area contributed by atoms with Crippen LogP contribution in [0.25, 0.3) is 20.9 Å². The second kappa shape index (κ2) is 8.83. The summed E-state index contributed by atoms with van der Waals surface area (Å²) in [7, 11) is 3.11. The Bertz CT molecular complexity index is 1040. The molecule has 0 aliphatic carbocycles. The van der Waals surface area contributed by atoms with Gasteiger partial charge in [0, 0.05) is 18.3 Å².